The van der Waals surface area contributed by atoms with E-state index in [4.69, 9.17) is 14.2 Å². The van der Waals surface area contributed by atoms with E-state index < -0.39 is 21.9 Å². The lowest BCUT2D eigenvalue weighted by molar-refractivity contribution is -0.141. The molecule has 0 aliphatic carbocycles. The molecule has 0 saturated carbocycles. The van der Waals surface area contributed by atoms with Crippen molar-refractivity contribution in [1.82, 2.24) is 8.87 Å². The molecular weight excluding hydrogens is 470 g/mol. The van der Waals surface area contributed by atoms with Gasteiger partial charge in [-0.3, -0.25) is 9.59 Å². The zero-order chi connectivity index (χ0) is 23.8. The second-order valence-electron chi connectivity index (χ2n) is 7.24. The number of benzene rings is 2. The minimum absolute atomic E-state index is 0.0669. The second-order valence-corrected chi connectivity index (χ2v) is 10.4. The standard InChI is InChI=1S/C21H21N3O7S2/c1-23(2)33(27,28)14-6-4-13(5-7-14)20(26)22-21-24(12-19(25)29-3)15-10-16-17(11-18(15)32-21)31-9-8-30-16/h4-7,10-11H,8-9,12H2,1-3H3. The maximum absolute atomic E-state index is 12.9. The van der Waals surface area contributed by atoms with Gasteiger partial charge in [-0.05, 0) is 24.3 Å². The van der Waals surface area contributed by atoms with Crippen LogP contribution in [0.15, 0.2) is 46.3 Å². The SMILES string of the molecule is COC(=O)Cn1c(=NC(=O)c2ccc(S(=O)(=O)N(C)C)cc2)sc2cc3c(cc21)OCCO3. The zero-order valence-electron chi connectivity index (χ0n) is 18.1. The highest BCUT2D eigenvalue weighted by Gasteiger charge is 2.20. The van der Waals surface area contributed by atoms with Gasteiger partial charge in [0.15, 0.2) is 16.3 Å². The topological polar surface area (TPSA) is 117 Å². The number of carbonyl (C=O) groups excluding carboxylic acids is 2. The minimum atomic E-state index is -3.61. The van der Waals surface area contributed by atoms with Crippen LogP contribution in [0, 0.1) is 0 Å². The molecule has 33 heavy (non-hydrogen) atoms. The van der Waals surface area contributed by atoms with E-state index in [2.05, 4.69) is 4.99 Å². The number of amides is 1. The van der Waals surface area contributed by atoms with Crippen LogP contribution in [0.2, 0.25) is 0 Å². The molecule has 10 nitrogen and oxygen atoms in total. The van der Waals surface area contributed by atoms with Crippen LogP contribution in [0.5, 0.6) is 11.5 Å². The summed E-state index contributed by atoms with van der Waals surface area (Å²) in [5.74, 6) is 0.0412. The fourth-order valence-electron chi connectivity index (χ4n) is 3.17. The quantitative estimate of drug-likeness (QED) is 0.498. The van der Waals surface area contributed by atoms with E-state index in [1.807, 2.05) is 0 Å². The van der Waals surface area contributed by atoms with Gasteiger partial charge < -0.3 is 18.8 Å². The van der Waals surface area contributed by atoms with E-state index in [-0.39, 0.29) is 21.8 Å². The molecule has 1 amide bonds. The van der Waals surface area contributed by atoms with Gasteiger partial charge in [0.05, 0.1) is 22.2 Å². The second kappa shape index (κ2) is 8.96. The number of hydrogen-bond donors (Lipinski definition) is 0. The minimum Gasteiger partial charge on any atom is -0.486 e. The summed E-state index contributed by atoms with van der Waals surface area (Å²) < 4.78 is 43.9. The number of fused-ring (bicyclic) bond motifs is 2. The van der Waals surface area contributed by atoms with Gasteiger partial charge in [0.1, 0.15) is 19.8 Å². The fraction of sp³-hybridized carbons (Fsp3) is 0.286. The van der Waals surface area contributed by atoms with E-state index in [0.717, 1.165) is 9.01 Å². The van der Waals surface area contributed by atoms with Crippen LogP contribution >= 0.6 is 11.3 Å². The summed E-state index contributed by atoms with van der Waals surface area (Å²) in [6.45, 7) is 0.693. The van der Waals surface area contributed by atoms with E-state index in [1.54, 1.807) is 16.7 Å². The normalized spacial score (nSPS) is 14.0. The van der Waals surface area contributed by atoms with Gasteiger partial charge >= 0.3 is 5.97 Å². The average Bonchev–Trinajstić information content (AvgIpc) is 3.12. The molecule has 0 unspecified atom stereocenters. The Kier molecular flexibility index (Phi) is 6.23. The first-order valence-electron chi connectivity index (χ1n) is 9.82. The summed E-state index contributed by atoms with van der Waals surface area (Å²) in [6.07, 6.45) is 0. The van der Waals surface area contributed by atoms with Crippen molar-refractivity contribution in [1.29, 1.82) is 0 Å². The molecule has 174 valence electrons. The van der Waals surface area contributed by atoms with Crippen molar-refractivity contribution < 1.29 is 32.2 Å². The summed E-state index contributed by atoms with van der Waals surface area (Å²) in [4.78, 5) is 29.4. The Bertz CT molecular complexity index is 1400. The van der Waals surface area contributed by atoms with Crippen LogP contribution in [0.3, 0.4) is 0 Å². The molecule has 0 saturated heterocycles. The third-order valence-corrected chi connectivity index (χ3v) is 7.81. The highest BCUT2D eigenvalue weighted by Crippen LogP contribution is 2.35. The number of nitrogens with zero attached hydrogens (tertiary/aromatic N) is 3. The van der Waals surface area contributed by atoms with Gasteiger partial charge in [-0.15, -0.1) is 0 Å². The van der Waals surface area contributed by atoms with Crippen molar-refractivity contribution >= 4 is 43.5 Å². The van der Waals surface area contributed by atoms with Gasteiger partial charge in [0.2, 0.25) is 10.0 Å². The molecule has 1 aliphatic rings. The molecule has 0 atom stereocenters. The predicted octanol–water partition coefficient (Wildman–Crippen LogP) is 1.64. The van der Waals surface area contributed by atoms with Gasteiger partial charge in [0.25, 0.3) is 5.91 Å². The number of esters is 1. The molecule has 1 aromatic heterocycles. The molecule has 2 heterocycles. The number of ether oxygens (including phenoxy) is 3. The Hall–Kier alpha value is -3.22. The molecule has 0 bridgehead atoms. The number of carbonyl (C=O) groups is 2. The molecule has 4 rings (SSSR count). The summed E-state index contributed by atoms with van der Waals surface area (Å²) in [6, 6.07) is 9.05. The molecule has 0 spiro atoms. The first-order valence-corrected chi connectivity index (χ1v) is 12.1. The number of aromatic nitrogens is 1. The number of thiazole rings is 1. The van der Waals surface area contributed by atoms with Crippen molar-refractivity contribution in [2.45, 2.75) is 11.4 Å². The van der Waals surface area contributed by atoms with Crippen molar-refractivity contribution in [3.05, 3.63) is 46.8 Å². The van der Waals surface area contributed by atoms with Crippen molar-refractivity contribution in [3.8, 4) is 11.5 Å². The summed E-state index contributed by atoms with van der Waals surface area (Å²) >= 11 is 1.21. The Labute approximate surface area is 193 Å². The number of rotatable bonds is 5. The molecule has 1 aliphatic heterocycles. The third-order valence-electron chi connectivity index (χ3n) is 4.94. The molecule has 0 fully saturated rings. The van der Waals surface area contributed by atoms with Gasteiger partial charge in [0, 0.05) is 31.8 Å². The number of hydrogen-bond acceptors (Lipinski definition) is 8. The van der Waals surface area contributed by atoms with E-state index in [0.29, 0.717) is 30.2 Å². The van der Waals surface area contributed by atoms with Crippen LogP contribution in [-0.4, -0.2) is 63.6 Å². The van der Waals surface area contributed by atoms with E-state index in [1.165, 1.54) is 56.8 Å². The molecule has 0 radical (unpaired) electrons. The smallest absolute Gasteiger partial charge is 0.325 e. The van der Waals surface area contributed by atoms with Gasteiger partial charge in [-0.25, -0.2) is 12.7 Å². The Morgan fingerprint density at radius 3 is 2.36 bits per heavy atom. The lowest BCUT2D eigenvalue weighted by atomic mass is 10.2. The zero-order valence-corrected chi connectivity index (χ0v) is 19.7. The maximum Gasteiger partial charge on any atom is 0.325 e. The van der Waals surface area contributed by atoms with Crippen molar-refractivity contribution in [3.63, 3.8) is 0 Å². The fourth-order valence-corrected chi connectivity index (χ4v) is 5.11. The first kappa shape index (κ1) is 23.0. The van der Waals surface area contributed by atoms with Crippen molar-refractivity contribution in [2.75, 3.05) is 34.4 Å². The lowest BCUT2D eigenvalue weighted by Gasteiger charge is -2.18. The van der Waals surface area contributed by atoms with Crippen LogP contribution in [0.1, 0.15) is 10.4 Å². The van der Waals surface area contributed by atoms with Crippen LogP contribution in [0.25, 0.3) is 10.2 Å². The van der Waals surface area contributed by atoms with Crippen LogP contribution in [0.4, 0.5) is 0 Å². The third kappa shape index (κ3) is 4.49. The Morgan fingerprint density at radius 1 is 1.12 bits per heavy atom. The summed E-state index contributed by atoms with van der Waals surface area (Å²) in [7, 11) is 0.526. The molecule has 12 heteroatoms. The molecular formula is C21H21N3O7S2. The van der Waals surface area contributed by atoms with E-state index >= 15 is 0 Å². The number of sulfonamides is 1. The largest absolute Gasteiger partial charge is 0.486 e. The highest BCUT2D eigenvalue weighted by molar-refractivity contribution is 7.89. The maximum atomic E-state index is 12.9. The molecule has 0 N–H and O–H groups in total. The van der Waals surface area contributed by atoms with E-state index in [9.17, 15) is 18.0 Å². The van der Waals surface area contributed by atoms with Gasteiger partial charge in [-0.1, -0.05) is 11.3 Å². The number of methoxy groups -OCH3 is 1. The average molecular weight is 492 g/mol. The summed E-state index contributed by atoms with van der Waals surface area (Å²) in [5.41, 5.74) is 0.856. The predicted molar refractivity (Wildman–Crippen MR) is 120 cm³/mol. The lowest BCUT2D eigenvalue weighted by Crippen LogP contribution is -2.23. The molecule has 2 aromatic carbocycles. The monoisotopic (exact) mass is 491 g/mol. The van der Waals surface area contributed by atoms with Gasteiger partial charge in [-0.2, -0.15) is 4.99 Å². The Morgan fingerprint density at radius 2 is 1.76 bits per heavy atom. The van der Waals surface area contributed by atoms with Crippen LogP contribution in [-0.2, 0) is 26.1 Å². The Balaban J connectivity index is 1.77. The first-order chi connectivity index (χ1) is 15.7. The summed E-state index contributed by atoms with van der Waals surface area (Å²) in [5, 5.41) is 0. The highest BCUT2D eigenvalue weighted by atomic mass is 32.2. The van der Waals surface area contributed by atoms with Crippen LogP contribution < -0.4 is 14.3 Å². The molecule has 3 aromatic rings. The van der Waals surface area contributed by atoms with Crippen molar-refractivity contribution in [2.24, 2.45) is 4.99 Å².